The van der Waals surface area contributed by atoms with Gasteiger partial charge in [0.25, 0.3) is 0 Å². The third-order valence-corrected chi connectivity index (χ3v) is 3.37. The van der Waals surface area contributed by atoms with Crippen molar-refractivity contribution in [3.8, 4) is 0 Å². The molecule has 96 valence electrons. The van der Waals surface area contributed by atoms with Crippen LogP contribution in [0.25, 0.3) is 11.0 Å². The maximum atomic E-state index is 5.57. The van der Waals surface area contributed by atoms with E-state index >= 15 is 0 Å². The van der Waals surface area contributed by atoms with E-state index in [0.29, 0.717) is 6.10 Å². The average molecular weight is 245 g/mol. The first-order valence-electron chi connectivity index (χ1n) is 6.68. The third-order valence-electron chi connectivity index (χ3n) is 3.37. The molecule has 1 fully saturated rings. The van der Waals surface area contributed by atoms with Crippen molar-refractivity contribution in [2.24, 2.45) is 0 Å². The molecule has 0 aliphatic carbocycles. The van der Waals surface area contributed by atoms with Gasteiger partial charge in [0.15, 0.2) is 0 Å². The number of rotatable bonds is 5. The van der Waals surface area contributed by atoms with E-state index in [2.05, 4.69) is 21.4 Å². The Morgan fingerprint density at radius 3 is 3.17 bits per heavy atom. The number of hydrogen-bond donors (Lipinski definition) is 2. The van der Waals surface area contributed by atoms with Crippen molar-refractivity contribution in [2.75, 3.05) is 19.7 Å². The molecule has 0 amide bonds. The molecule has 1 aromatic carbocycles. The Balaban J connectivity index is 1.47. The van der Waals surface area contributed by atoms with Crippen molar-refractivity contribution in [2.45, 2.75) is 25.4 Å². The summed E-state index contributed by atoms with van der Waals surface area (Å²) in [5.74, 6) is 1.05. The minimum absolute atomic E-state index is 0.417. The largest absolute Gasteiger partial charge is 0.377 e. The number of nitrogens with zero attached hydrogens (tertiary/aromatic N) is 1. The fraction of sp³-hybridized carbons (Fsp3) is 0.500. The maximum Gasteiger partial charge on any atom is 0.108 e. The van der Waals surface area contributed by atoms with Gasteiger partial charge in [-0.1, -0.05) is 12.1 Å². The highest BCUT2D eigenvalue weighted by Crippen LogP contribution is 2.11. The lowest BCUT2D eigenvalue weighted by Crippen LogP contribution is -2.28. The van der Waals surface area contributed by atoms with Gasteiger partial charge in [0, 0.05) is 26.1 Å². The molecule has 0 spiro atoms. The van der Waals surface area contributed by atoms with Crippen LogP contribution in [0.5, 0.6) is 0 Å². The number of aromatic nitrogens is 2. The second-order valence-electron chi connectivity index (χ2n) is 4.79. The number of H-pyrrole nitrogens is 1. The van der Waals surface area contributed by atoms with Crippen LogP contribution in [-0.2, 0) is 11.2 Å². The van der Waals surface area contributed by atoms with E-state index in [4.69, 9.17) is 4.74 Å². The van der Waals surface area contributed by atoms with Crippen LogP contribution < -0.4 is 5.32 Å². The lowest BCUT2D eigenvalue weighted by atomic mass is 10.2. The van der Waals surface area contributed by atoms with Gasteiger partial charge in [-0.3, -0.25) is 0 Å². The van der Waals surface area contributed by atoms with Gasteiger partial charge in [-0.25, -0.2) is 4.98 Å². The molecule has 2 heterocycles. The van der Waals surface area contributed by atoms with Crippen molar-refractivity contribution in [3.05, 3.63) is 30.1 Å². The van der Waals surface area contributed by atoms with E-state index in [1.165, 1.54) is 12.8 Å². The fourth-order valence-electron chi connectivity index (χ4n) is 2.40. The van der Waals surface area contributed by atoms with Gasteiger partial charge >= 0.3 is 0 Å². The summed E-state index contributed by atoms with van der Waals surface area (Å²) >= 11 is 0. The van der Waals surface area contributed by atoms with E-state index in [9.17, 15) is 0 Å². The van der Waals surface area contributed by atoms with Crippen molar-refractivity contribution < 1.29 is 4.74 Å². The summed E-state index contributed by atoms with van der Waals surface area (Å²) in [5.41, 5.74) is 2.17. The summed E-state index contributed by atoms with van der Waals surface area (Å²) in [6.45, 7) is 2.83. The maximum absolute atomic E-state index is 5.57. The molecule has 4 heteroatoms. The predicted octanol–water partition coefficient (Wildman–Crippen LogP) is 1.87. The molecule has 2 aromatic rings. The summed E-state index contributed by atoms with van der Waals surface area (Å²) in [6.07, 6.45) is 3.75. The number of benzene rings is 1. The molecule has 1 unspecified atom stereocenters. The highest BCUT2D eigenvalue weighted by Gasteiger charge is 2.14. The summed E-state index contributed by atoms with van der Waals surface area (Å²) in [6, 6.07) is 8.14. The Morgan fingerprint density at radius 2 is 2.33 bits per heavy atom. The average Bonchev–Trinajstić information content (AvgIpc) is 3.03. The normalized spacial score (nSPS) is 19.7. The predicted molar refractivity (Wildman–Crippen MR) is 71.6 cm³/mol. The van der Waals surface area contributed by atoms with Gasteiger partial charge in [0.2, 0.25) is 0 Å². The van der Waals surface area contributed by atoms with Gasteiger partial charge in [0.05, 0.1) is 17.1 Å². The SMILES string of the molecule is c1ccc2[nH]c(CCNCC3CCCO3)nc2c1. The number of aromatic amines is 1. The van der Waals surface area contributed by atoms with Crippen LogP contribution >= 0.6 is 0 Å². The molecule has 1 aliphatic rings. The molecular formula is C14H19N3O. The topological polar surface area (TPSA) is 49.9 Å². The minimum atomic E-state index is 0.417. The number of hydrogen-bond acceptors (Lipinski definition) is 3. The van der Waals surface area contributed by atoms with Crippen molar-refractivity contribution in [3.63, 3.8) is 0 Å². The van der Waals surface area contributed by atoms with Crippen molar-refractivity contribution in [1.82, 2.24) is 15.3 Å². The van der Waals surface area contributed by atoms with Crippen LogP contribution in [0, 0.1) is 0 Å². The van der Waals surface area contributed by atoms with Crippen molar-refractivity contribution in [1.29, 1.82) is 0 Å². The zero-order valence-corrected chi connectivity index (χ0v) is 10.5. The Bertz CT molecular complexity index is 469. The molecular weight excluding hydrogens is 226 g/mol. The lowest BCUT2D eigenvalue weighted by molar-refractivity contribution is 0.110. The molecule has 1 saturated heterocycles. The summed E-state index contributed by atoms with van der Waals surface area (Å²) in [5, 5.41) is 3.44. The van der Waals surface area contributed by atoms with Crippen LogP contribution in [0.2, 0.25) is 0 Å². The Kier molecular flexibility index (Phi) is 3.57. The quantitative estimate of drug-likeness (QED) is 0.791. The van der Waals surface area contributed by atoms with E-state index in [1.807, 2.05) is 18.2 Å². The van der Waals surface area contributed by atoms with Crippen molar-refractivity contribution >= 4 is 11.0 Å². The molecule has 1 aromatic heterocycles. The molecule has 0 bridgehead atoms. The van der Waals surface area contributed by atoms with E-state index in [-0.39, 0.29) is 0 Å². The monoisotopic (exact) mass is 245 g/mol. The molecule has 18 heavy (non-hydrogen) atoms. The van der Waals surface area contributed by atoms with Gasteiger partial charge in [-0.2, -0.15) is 0 Å². The number of ether oxygens (including phenoxy) is 1. The van der Waals surface area contributed by atoms with Gasteiger partial charge in [-0.05, 0) is 25.0 Å². The summed E-state index contributed by atoms with van der Waals surface area (Å²) in [4.78, 5) is 7.90. The standard InChI is InChI=1S/C14H19N3O/c1-2-6-13-12(5-1)16-14(17-13)7-8-15-10-11-4-3-9-18-11/h1-2,5-6,11,15H,3-4,7-10H2,(H,16,17). The Labute approximate surface area is 107 Å². The first kappa shape index (κ1) is 11.7. The molecule has 2 N–H and O–H groups in total. The van der Waals surface area contributed by atoms with Crippen LogP contribution in [0.1, 0.15) is 18.7 Å². The van der Waals surface area contributed by atoms with Crippen LogP contribution in [0.15, 0.2) is 24.3 Å². The highest BCUT2D eigenvalue weighted by atomic mass is 16.5. The highest BCUT2D eigenvalue weighted by molar-refractivity contribution is 5.74. The van der Waals surface area contributed by atoms with E-state index in [1.54, 1.807) is 0 Å². The van der Waals surface area contributed by atoms with Crippen LogP contribution in [-0.4, -0.2) is 35.8 Å². The smallest absolute Gasteiger partial charge is 0.108 e. The molecule has 0 saturated carbocycles. The molecule has 4 nitrogen and oxygen atoms in total. The van der Waals surface area contributed by atoms with Crippen LogP contribution in [0.3, 0.4) is 0 Å². The minimum Gasteiger partial charge on any atom is -0.377 e. The zero-order chi connectivity index (χ0) is 12.2. The second kappa shape index (κ2) is 5.50. The first-order chi connectivity index (χ1) is 8.92. The number of nitrogens with one attached hydrogen (secondary N) is 2. The molecule has 1 atom stereocenters. The fourth-order valence-corrected chi connectivity index (χ4v) is 2.40. The Morgan fingerprint density at radius 1 is 1.39 bits per heavy atom. The molecule has 1 aliphatic heterocycles. The van der Waals surface area contributed by atoms with E-state index in [0.717, 1.165) is 43.0 Å². The molecule has 3 rings (SSSR count). The summed E-state index contributed by atoms with van der Waals surface area (Å²) < 4.78 is 5.57. The summed E-state index contributed by atoms with van der Waals surface area (Å²) in [7, 11) is 0. The Hall–Kier alpha value is -1.39. The number of fused-ring (bicyclic) bond motifs is 1. The third kappa shape index (κ3) is 2.71. The van der Waals surface area contributed by atoms with Crippen LogP contribution in [0.4, 0.5) is 0 Å². The van der Waals surface area contributed by atoms with Gasteiger partial charge < -0.3 is 15.0 Å². The zero-order valence-electron chi connectivity index (χ0n) is 10.5. The van der Waals surface area contributed by atoms with E-state index < -0.39 is 0 Å². The number of para-hydroxylation sites is 2. The van der Waals surface area contributed by atoms with Gasteiger partial charge in [-0.15, -0.1) is 0 Å². The van der Waals surface area contributed by atoms with Gasteiger partial charge in [0.1, 0.15) is 5.82 Å². The lowest BCUT2D eigenvalue weighted by Gasteiger charge is -2.09. The molecule has 0 radical (unpaired) electrons. The number of imidazole rings is 1. The first-order valence-corrected chi connectivity index (χ1v) is 6.68. The second-order valence-corrected chi connectivity index (χ2v) is 4.79.